The second-order valence-electron chi connectivity index (χ2n) is 1.93. The lowest BCUT2D eigenvalue weighted by molar-refractivity contribution is -0.118. The van der Waals surface area contributed by atoms with Crippen LogP contribution in [-0.2, 0) is 4.79 Å². The highest BCUT2D eigenvalue weighted by Crippen LogP contribution is 2.23. The molecule has 12 heavy (non-hydrogen) atoms. The molecule has 0 aromatic carbocycles. The highest BCUT2D eigenvalue weighted by atomic mass is 32.1. The molecule has 0 heterocycles. The Bertz CT molecular complexity index is 206. The molecule has 0 atom stereocenters. The van der Waals surface area contributed by atoms with E-state index in [2.05, 4.69) is 12.2 Å². The quantitative estimate of drug-likeness (QED) is 0.542. The maximum atomic E-state index is 12.2. The molecule has 0 aromatic heterocycles. The summed E-state index contributed by atoms with van der Waals surface area (Å²) in [6.45, 7) is 0.897. The number of alkyl halides is 4. The van der Waals surface area contributed by atoms with Gasteiger partial charge < -0.3 is 5.32 Å². The molecule has 2 nitrogen and oxygen atoms in total. The third kappa shape index (κ3) is 2.72. The Morgan fingerprint density at radius 1 is 1.50 bits per heavy atom. The van der Waals surface area contributed by atoms with Crippen molar-refractivity contribution in [1.29, 1.82) is 0 Å². The molecule has 0 aliphatic carbocycles. The molecule has 0 aliphatic heterocycles. The number of hydrogen-bond acceptors (Lipinski definition) is 2. The van der Waals surface area contributed by atoms with Gasteiger partial charge in [0.1, 0.15) is 0 Å². The summed E-state index contributed by atoms with van der Waals surface area (Å²) in [7, 11) is 0. The van der Waals surface area contributed by atoms with Crippen molar-refractivity contribution < 1.29 is 22.4 Å². The van der Waals surface area contributed by atoms with Crippen LogP contribution in [0.1, 0.15) is 6.92 Å². The van der Waals surface area contributed by atoms with Crippen LogP contribution in [0.2, 0.25) is 0 Å². The molecule has 0 bridgehead atoms. The van der Waals surface area contributed by atoms with Crippen molar-refractivity contribution in [3.8, 4) is 0 Å². The fourth-order valence-corrected chi connectivity index (χ4v) is 0.575. The van der Waals surface area contributed by atoms with Crippen LogP contribution in [0.4, 0.5) is 17.6 Å². The molecule has 0 spiro atoms. The first-order chi connectivity index (χ1) is 5.28. The number of carbonyl (C=O) groups excluding carboxylic acids is 1. The lowest BCUT2D eigenvalue weighted by Crippen LogP contribution is -2.45. The van der Waals surface area contributed by atoms with Gasteiger partial charge in [0.2, 0.25) is 5.91 Å². The van der Waals surface area contributed by atoms with Crippen LogP contribution in [0.3, 0.4) is 0 Å². The van der Waals surface area contributed by atoms with E-state index in [-0.39, 0.29) is 0 Å². The summed E-state index contributed by atoms with van der Waals surface area (Å²) in [4.78, 5) is 8.69. The van der Waals surface area contributed by atoms with Crippen molar-refractivity contribution >= 4 is 23.1 Å². The van der Waals surface area contributed by atoms with E-state index in [4.69, 9.17) is 0 Å². The summed E-state index contributed by atoms with van der Waals surface area (Å²) in [5.41, 5.74) is 0. The summed E-state index contributed by atoms with van der Waals surface area (Å²) < 4.78 is 47.4. The number of rotatable bonds is 2. The average molecular weight is 203 g/mol. The van der Waals surface area contributed by atoms with Gasteiger partial charge in [-0.15, -0.1) is 0 Å². The molecular formula is C5H5F4NOS. The molecule has 1 N–H and O–H groups in total. The molecule has 0 aromatic rings. The van der Waals surface area contributed by atoms with Crippen LogP contribution in [-0.4, -0.2) is 23.2 Å². The van der Waals surface area contributed by atoms with Crippen LogP contribution in [0.5, 0.6) is 0 Å². The SMILES string of the molecule is CC(=O)NC(=S)C(F)(F)C(F)F. The van der Waals surface area contributed by atoms with E-state index < -0.39 is 23.2 Å². The van der Waals surface area contributed by atoms with Crippen molar-refractivity contribution in [2.45, 2.75) is 19.3 Å². The monoisotopic (exact) mass is 203 g/mol. The Kier molecular flexibility index (Phi) is 3.56. The maximum Gasteiger partial charge on any atom is 0.356 e. The Hall–Kier alpha value is -0.720. The molecule has 0 saturated heterocycles. The number of thiocarbonyl (C=S) groups is 1. The first-order valence-electron chi connectivity index (χ1n) is 2.76. The van der Waals surface area contributed by atoms with Gasteiger partial charge in [-0.1, -0.05) is 12.2 Å². The van der Waals surface area contributed by atoms with E-state index in [1.165, 1.54) is 5.32 Å². The standard InChI is InChI=1S/C5H5F4NOS/c1-2(11)10-4(12)5(8,9)3(6)7/h3H,1H3,(H,10,11,12). The van der Waals surface area contributed by atoms with Gasteiger partial charge >= 0.3 is 12.3 Å². The predicted octanol–water partition coefficient (Wildman–Crippen LogP) is 1.35. The molecule has 0 radical (unpaired) electrons. The number of hydrogen-bond donors (Lipinski definition) is 1. The molecular weight excluding hydrogens is 198 g/mol. The summed E-state index contributed by atoms with van der Waals surface area (Å²) in [6.07, 6.45) is -3.91. The van der Waals surface area contributed by atoms with E-state index in [9.17, 15) is 22.4 Å². The molecule has 7 heteroatoms. The van der Waals surface area contributed by atoms with Gasteiger partial charge in [0, 0.05) is 6.92 Å². The molecule has 1 amide bonds. The lowest BCUT2D eigenvalue weighted by Gasteiger charge is -2.15. The Balaban J connectivity index is 4.36. The summed E-state index contributed by atoms with van der Waals surface area (Å²) in [5.74, 6) is -5.35. The Labute approximate surface area is 70.9 Å². The Morgan fingerprint density at radius 3 is 2.17 bits per heavy atom. The van der Waals surface area contributed by atoms with Gasteiger partial charge in [-0.3, -0.25) is 4.79 Å². The first-order valence-corrected chi connectivity index (χ1v) is 3.17. The zero-order valence-corrected chi connectivity index (χ0v) is 6.72. The van der Waals surface area contributed by atoms with E-state index in [1.807, 2.05) is 0 Å². The molecule has 0 saturated carbocycles. The van der Waals surface area contributed by atoms with Crippen molar-refractivity contribution in [1.82, 2.24) is 5.32 Å². The van der Waals surface area contributed by atoms with Crippen LogP contribution in [0, 0.1) is 0 Å². The van der Waals surface area contributed by atoms with Crippen molar-refractivity contribution in [2.24, 2.45) is 0 Å². The second kappa shape index (κ2) is 3.79. The van der Waals surface area contributed by atoms with Crippen molar-refractivity contribution in [3.05, 3.63) is 0 Å². The minimum absolute atomic E-state index is 0.897. The smallest absolute Gasteiger partial charge is 0.316 e. The van der Waals surface area contributed by atoms with E-state index in [0.717, 1.165) is 6.92 Å². The van der Waals surface area contributed by atoms with Crippen LogP contribution in [0.15, 0.2) is 0 Å². The molecule has 0 fully saturated rings. The first kappa shape index (κ1) is 11.3. The third-order valence-electron chi connectivity index (χ3n) is 0.866. The summed E-state index contributed by atoms with van der Waals surface area (Å²) in [5, 5.41) is 1.43. The third-order valence-corrected chi connectivity index (χ3v) is 1.24. The van der Waals surface area contributed by atoms with Crippen LogP contribution >= 0.6 is 12.2 Å². The summed E-state index contributed by atoms with van der Waals surface area (Å²) in [6, 6.07) is 0. The second-order valence-corrected chi connectivity index (χ2v) is 2.34. The molecule has 0 unspecified atom stereocenters. The van der Waals surface area contributed by atoms with Gasteiger partial charge in [-0.25, -0.2) is 8.78 Å². The maximum absolute atomic E-state index is 12.2. The zero-order valence-electron chi connectivity index (χ0n) is 5.91. The lowest BCUT2D eigenvalue weighted by atomic mass is 10.3. The molecule has 0 rings (SSSR count). The van der Waals surface area contributed by atoms with E-state index >= 15 is 0 Å². The van der Waals surface area contributed by atoms with Gasteiger partial charge in [-0.05, 0) is 0 Å². The molecule has 0 aliphatic rings. The van der Waals surface area contributed by atoms with E-state index in [1.54, 1.807) is 0 Å². The molecule has 70 valence electrons. The largest absolute Gasteiger partial charge is 0.356 e. The van der Waals surface area contributed by atoms with E-state index in [0.29, 0.717) is 0 Å². The number of halogens is 4. The van der Waals surface area contributed by atoms with Gasteiger partial charge in [0.25, 0.3) is 0 Å². The normalized spacial score (nSPS) is 11.5. The van der Waals surface area contributed by atoms with Gasteiger partial charge in [0.05, 0.1) is 0 Å². The number of amides is 1. The zero-order chi connectivity index (χ0) is 9.94. The average Bonchev–Trinajstić information content (AvgIpc) is 1.85. The van der Waals surface area contributed by atoms with Crippen LogP contribution in [0.25, 0.3) is 0 Å². The van der Waals surface area contributed by atoms with Gasteiger partial charge in [-0.2, -0.15) is 8.78 Å². The fourth-order valence-electron chi connectivity index (χ4n) is 0.342. The predicted molar refractivity (Wildman–Crippen MR) is 37.4 cm³/mol. The fraction of sp³-hybridized carbons (Fsp3) is 0.600. The topological polar surface area (TPSA) is 29.1 Å². The Morgan fingerprint density at radius 2 is 1.92 bits per heavy atom. The number of carbonyl (C=O) groups is 1. The van der Waals surface area contributed by atoms with Crippen molar-refractivity contribution in [3.63, 3.8) is 0 Å². The van der Waals surface area contributed by atoms with Gasteiger partial charge in [0.15, 0.2) is 4.99 Å². The highest BCUT2D eigenvalue weighted by molar-refractivity contribution is 7.80. The number of nitrogens with one attached hydrogen (secondary N) is 1. The minimum atomic E-state index is -4.44. The summed E-state index contributed by atoms with van der Waals surface area (Å²) >= 11 is 3.88. The minimum Gasteiger partial charge on any atom is -0.316 e. The highest BCUT2D eigenvalue weighted by Gasteiger charge is 2.45. The van der Waals surface area contributed by atoms with Crippen molar-refractivity contribution in [2.75, 3.05) is 0 Å². The van der Waals surface area contributed by atoms with Crippen LogP contribution < -0.4 is 5.32 Å².